The number of nitrogens with one attached hydrogen (secondary N) is 1. The highest BCUT2D eigenvalue weighted by molar-refractivity contribution is 5.88. The summed E-state index contributed by atoms with van der Waals surface area (Å²) in [7, 11) is 1.28. The number of fused-ring (bicyclic) bond motifs is 3. The Morgan fingerprint density at radius 2 is 1.26 bits per heavy atom. The predicted octanol–water partition coefficient (Wildman–Crippen LogP) is -2.78. The monoisotopic (exact) mass is 889 g/mol. The van der Waals surface area contributed by atoms with Crippen LogP contribution in [0.5, 0.6) is 0 Å². The van der Waals surface area contributed by atoms with Crippen molar-refractivity contribution in [2.45, 2.75) is 182 Å². The second kappa shape index (κ2) is 18.0. The van der Waals surface area contributed by atoms with Gasteiger partial charge in [-0.3, -0.25) is 4.79 Å². The van der Waals surface area contributed by atoms with Crippen LogP contribution in [0.15, 0.2) is 12.2 Å². The molecular weight excluding hydrogens is 822 g/mol. The van der Waals surface area contributed by atoms with Crippen LogP contribution in [0, 0.1) is 28.1 Å². The van der Waals surface area contributed by atoms with Gasteiger partial charge in [0, 0.05) is 5.41 Å². The molecule has 0 aromatic heterocycles. The maximum absolute atomic E-state index is 14.0. The van der Waals surface area contributed by atoms with Gasteiger partial charge in [0.25, 0.3) is 0 Å². The fourth-order valence-electron chi connectivity index (χ4n) is 12.7. The largest absolute Gasteiger partial charge is 0.467 e. The van der Waals surface area contributed by atoms with Crippen LogP contribution in [0.25, 0.3) is 0 Å². The van der Waals surface area contributed by atoms with Gasteiger partial charge in [0.2, 0.25) is 5.91 Å². The second-order valence-electron chi connectivity index (χ2n) is 19.4. The molecule has 20 nitrogen and oxygen atoms in total. The van der Waals surface area contributed by atoms with Gasteiger partial charge in [0.1, 0.15) is 79.3 Å². The van der Waals surface area contributed by atoms with E-state index >= 15 is 0 Å². The molecule has 7 rings (SSSR count). The summed E-state index contributed by atoms with van der Waals surface area (Å²) in [4.78, 5) is 26.3. The van der Waals surface area contributed by atoms with Gasteiger partial charge < -0.3 is 89.5 Å². The number of amides is 1. The van der Waals surface area contributed by atoms with E-state index in [1.54, 1.807) is 6.92 Å². The number of methoxy groups -OCH3 is 1. The average Bonchev–Trinajstić information content (AvgIpc) is 3.44. The zero-order chi connectivity index (χ0) is 45.3. The molecule has 1 spiro atoms. The summed E-state index contributed by atoms with van der Waals surface area (Å²) >= 11 is 0. The maximum Gasteiger partial charge on any atom is 0.328 e. The molecule has 7 aliphatic rings. The average molecular weight is 890 g/mol. The molecule has 0 aromatic rings. The highest BCUT2D eigenvalue weighted by atomic mass is 16.8. The minimum Gasteiger partial charge on any atom is -0.467 e. The number of hydrogen-bond donors (Lipinski definition) is 11. The summed E-state index contributed by atoms with van der Waals surface area (Å²) in [5.41, 5.74) is -1.61. The van der Waals surface area contributed by atoms with Crippen molar-refractivity contribution in [3.8, 4) is 0 Å². The van der Waals surface area contributed by atoms with Crippen molar-refractivity contribution in [1.82, 2.24) is 5.32 Å². The number of carbonyl (C=O) groups is 2. The van der Waals surface area contributed by atoms with Gasteiger partial charge in [-0.2, -0.15) is 0 Å². The second-order valence-corrected chi connectivity index (χ2v) is 19.4. The Kier molecular flexibility index (Phi) is 14.0. The van der Waals surface area contributed by atoms with Gasteiger partial charge >= 0.3 is 5.97 Å². The van der Waals surface area contributed by atoms with Crippen LogP contribution in [0.2, 0.25) is 0 Å². The number of carbonyl (C=O) groups excluding carboxylic acids is 2. The molecule has 11 N–H and O–H groups in total. The third kappa shape index (κ3) is 7.96. The molecule has 7 fully saturated rings. The van der Waals surface area contributed by atoms with E-state index in [0.717, 1.165) is 31.3 Å². The van der Waals surface area contributed by atoms with Crippen LogP contribution in [0.1, 0.15) is 78.6 Å². The standard InChI is InChI=1S/C42H67NO19/c1-18-13-41-11-7-23-39(3,9-6-10-40(23,4)38(55)43-19(2)34(54)56-5)24(41)8-12-42(18,17-41)62-37-33(61-36-31(53)29(51)26(48)21(15-45)58-36)32(27(49)22(16-46)59-37)60-35-30(52)28(50)25(47)20(14-44)57-35/h19-33,35-37,44-53H,1,6-17H2,2-5H3,(H,43,55)/t19-,20+,21+,22+,23-,24-,25+,26+,27+,28-,29-,30+,31+,32-,33+,35-,36-,37-,39+,40+,41+,42-/m0/s1. The highest BCUT2D eigenvalue weighted by Gasteiger charge is 2.69. The molecule has 20 heteroatoms. The molecule has 4 aliphatic carbocycles. The van der Waals surface area contributed by atoms with Crippen LogP contribution in [0.3, 0.4) is 0 Å². The Bertz CT molecular complexity index is 1640. The Labute approximate surface area is 360 Å². The van der Waals surface area contributed by atoms with E-state index in [9.17, 15) is 60.7 Å². The fourth-order valence-corrected chi connectivity index (χ4v) is 12.7. The van der Waals surface area contributed by atoms with E-state index in [0.29, 0.717) is 32.1 Å². The lowest BCUT2D eigenvalue weighted by molar-refractivity contribution is -0.400. The third-order valence-corrected chi connectivity index (χ3v) is 16.0. The van der Waals surface area contributed by atoms with E-state index in [-0.39, 0.29) is 28.6 Å². The van der Waals surface area contributed by atoms with E-state index in [4.69, 9.17) is 33.2 Å². The zero-order valence-corrected chi connectivity index (χ0v) is 35.7. The summed E-state index contributed by atoms with van der Waals surface area (Å²) in [6.45, 7) is 8.06. The molecule has 0 aromatic carbocycles. The van der Waals surface area contributed by atoms with E-state index in [1.165, 1.54) is 7.11 Å². The van der Waals surface area contributed by atoms with Gasteiger partial charge in [0.05, 0.1) is 32.5 Å². The molecule has 62 heavy (non-hydrogen) atoms. The molecule has 354 valence electrons. The van der Waals surface area contributed by atoms with E-state index in [1.807, 2.05) is 6.92 Å². The lowest BCUT2D eigenvalue weighted by Gasteiger charge is -2.64. The normalized spacial score (nSPS) is 50.9. The number of rotatable bonds is 12. The summed E-state index contributed by atoms with van der Waals surface area (Å²) in [6, 6.07) is -0.803. The quantitative estimate of drug-likeness (QED) is 0.0537. The maximum atomic E-state index is 14.0. The molecule has 4 saturated carbocycles. The summed E-state index contributed by atoms with van der Waals surface area (Å²) in [5, 5.41) is 109. The number of esters is 1. The molecule has 1 amide bonds. The lowest BCUT2D eigenvalue weighted by Crippen LogP contribution is -2.68. The van der Waals surface area contributed by atoms with Crippen molar-refractivity contribution < 1.29 is 93.8 Å². The first kappa shape index (κ1) is 48.0. The van der Waals surface area contributed by atoms with Gasteiger partial charge in [-0.1, -0.05) is 26.8 Å². The van der Waals surface area contributed by atoms with E-state index in [2.05, 4.69) is 18.8 Å². The molecular formula is C42H67NO19. The smallest absolute Gasteiger partial charge is 0.328 e. The molecule has 3 saturated heterocycles. The van der Waals surface area contributed by atoms with Crippen LogP contribution in [-0.4, -0.2) is 194 Å². The molecule has 0 radical (unpaired) electrons. The summed E-state index contributed by atoms with van der Waals surface area (Å²) in [6.07, 6.45) is -19.5. The summed E-state index contributed by atoms with van der Waals surface area (Å²) < 4.78 is 41.8. The van der Waals surface area contributed by atoms with Crippen molar-refractivity contribution in [3.63, 3.8) is 0 Å². The Morgan fingerprint density at radius 1 is 0.726 bits per heavy atom. The topological polar surface area (TPSA) is 313 Å². The zero-order valence-electron chi connectivity index (χ0n) is 35.7. The van der Waals surface area contributed by atoms with Crippen LogP contribution >= 0.6 is 0 Å². The molecule has 2 bridgehead atoms. The van der Waals surface area contributed by atoms with Crippen molar-refractivity contribution in [2.24, 2.45) is 28.1 Å². The molecule has 0 unspecified atom stereocenters. The Morgan fingerprint density at radius 3 is 1.82 bits per heavy atom. The molecule has 3 heterocycles. The van der Waals surface area contributed by atoms with Crippen molar-refractivity contribution in [2.75, 3.05) is 26.9 Å². The minimum atomic E-state index is -1.92. The Balaban J connectivity index is 1.19. The third-order valence-electron chi connectivity index (χ3n) is 16.0. The summed E-state index contributed by atoms with van der Waals surface area (Å²) in [5.74, 6) is -0.535. The van der Waals surface area contributed by atoms with Gasteiger partial charge in [-0.15, -0.1) is 0 Å². The SMILES string of the molecule is C=C1C[C@@]23CC[C@H]4[C@@](C)(CCC[C@@]4(C)C(=O)N[C@@H](C)C(=O)OC)[C@@H]2CC[C@]1(O[C@@H]1O[C@H](CO)[C@@H](O)[C@H](O[C@@H]2O[C@H](CO)[C@@H](O)[C@H](O)[C@H]2O)[C@H]1O[C@@H]1O[C@H](CO)[C@@H](O)[C@H](O)[C@H]1O)C3. The molecule has 22 atom stereocenters. The Hall–Kier alpha value is -1.96. The van der Waals surface area contributed by atoms with Crippen molar-refractivity contribution in [1.29, 1.82) is 0 Å². The van der Waals surface area contributed by atoms with Crippen LogP contribution < -0.4 is 5.32 Å². The van der Waals surface area contributed by atoms with Gasteiger partial charge in [-0.25, -0.2) is 4.79 Å². The van der Waals surface area contributed by atoms with Gasteiger partial charge in [-0.05, 0) is 86.5 Å². The first-order valence-electron chi connectivity index (χ1n) is 21.9. The first-order chi connectivity index (χ1) is 29.2. The number of ether oxygens (including phenoxy) is 7. The van der Waals surface area contributed by atoms with E-state index < -0.39 is 135 Å². The van der Waals surface area contributed by atoms with Crippen LogP contribution in [-0.2, 0) is 42.7 Å². The first-order valence-corrected chi connectivity index (χ1v) is 21.9. The lowest BCUT2D eigenvalue weighted by atomic mass is 9.40. The van der Waals surface area contributed by atoms with Crippen molar-refractivity contribution in [3.05, 3.63) is 12.2 Å². The predicted molar refractivity (Wildman–Crippen MR) is 209 cm³/mol. The number of hydrogen-bond acceptors (Lipinski definition) is 19. The number of aliphatic hydroxyl groups excluding tert-OH is 10. The molecule has 3 aliphatic heterocycles. The van der Waals surface area contributed by atoms with Crippen LogP contribution in [0.4, 0.5) is 0 Å². The number of aliphatic hydroxyl groups is 10. The van der Waals surface area contributed by atoms with Gasteiger partial charge in [0.15, 0.2) is 18.9 Å². The highest BCUT2D eigenvalue weighted by Crippen LogP contribution is 2.73. The van der Waals surface area contributed by atoms with Crippen molar-refractivity contribution >= 4 is 11.9 Å². The fraction of sp³-hybridized carbons (Fsp3) is 0.905. The minimum absolute atomic E-state index is 0.0108.